The molecule has 1 aliphatic rings. The van der Waals surface area contributed by atoms with Crippen molar-refractivity contribution in [3.05, 3.63) is 53.6 Å². The molecule has 3 nitrogen and oxygen atoms in total. The number of benzene rings is 2. The van der Waals surface area contributed by atoms with Gasteiger partial charge in [0.1, 0.15) is 17.2 Å². The van der Waals surface area contributed by atoms with Crippen molar-refractivity contribution >= 4 is 0 Å². The topological polar surface area (TPSA) is 30.5 Å². The highest BCUT2D eigenvalue weighted by molar-refractivity contribution is 5.40. The molecule has 0 bridgehead atoms. The zero-order valence-electron chi connectivity index (χ0n) is 12.6. The van der Waals surface area contributed by atoms with Crippen LogP contribution < -0.4 is 14.8 Å². The Morgan fingerprint density at radius 1 is 1.05 bits per heavy atom. The molecule has 0 aliphatic heterocycles. The van der Waals surface area contributed by atoms with E-state index in [-0.39, 0.29) is 0 Å². The van der Waals surface area contributed by atoms with Crippen molar-refractivity contribution in [1.82, 2.24) is 5.32 Å². The maximum absolute atomic E-state index is 5.89. The maximum Gasteiger partial charge on any atom is 0.131 e. The van der Waals surface area contributed by atoms with Crippen molar-refractivity contribution in [1.29, 1.82) is 0 Å². The van der Waals surface area contributed by atoms with Gasteiger partial charge in [0, 0.05) is 18.7 Å². The van der Waals surface area contributed by atoms with Gasteiger partial charge in [0.2, 0.25) is 0 Å². The van der Waals surface area contributed by atoms with Crippen molar-refractivity contribution in [3.63, 3.8) is 0 Å². The minimum absolute atomic E-state index is 0.733. The van der Waals surface area contributed by atoms with Gasteiger partial charge in [-0.1, -0.05) is 12.1 Å². The molecule has 0 unspecified atom stereocenters. The molecule has 0 spiro atoms. The minimum atomic E-state index is 0.733. The Balaban J connectivity index is 1.68. The fourth-order valence-corrected chi connectivity index (χ4v) is 2.27. The van der Waals surface area contributed by atoms with Gasteiger partial charge in [-0.15, -0.1) is 0 Å². The van der Waals surface area contributed by atoms with Crippen LogP contribution in [0.25, 0.3) is 0 Å². The molecule has 3 heteroatoms. The predicted molar refractivity (Wildman–Crippen MR) is 84.1 cm³/mol. The van der Waals surface area contributed by atoms with Gasteiger partial charge in [-0.3, -0.25) is 0 Å². The average molecular weight is 283 g/mol. The molecule has 110 valence electrons. The summed E-state index contributed by atoms with van der Waals surface area (Å²) in [7, 11) is 1.66. The number of hydrogen-bond acceptors (Lipinski definition) is 3. The van der Waals surface area contributed by atoms with Crippen molar-refractivity contribution < 1.29 is 9.47 Å². The third-order valence-electron chi connectivity index (χ3n) is 3.75. The van der Waals surface area contributed by atoms with E-state index in [1.54, 1.807) is 7.11 Å². The largest absolute Gasteiger partial charge is 0.497 e. The van der Waals surface area contributed by atoms with E-state index in [9.17, 15) is 0 Å². The van der Waals surface area contributed by atoms with Gasteiger partial charge in [0.05, 0.1) is 7.11 Å². The summed E-state index contributed by atoms with van der Waals surface area (Å²) in [6.45, 7) is 3.07. The average Bonchev–Trinajstić information content (AvgIpc) is 3.31. The van der Waals surface area contributed by atoms with Gasteiger partial charge < -0.3 is 14.8 Å². The molecule has 0 radical (unpaired) electrons. The number of rotatable bonds is 6. The van der Waals surface area contributed by atoms with Gasteiger partial charge in [0.15, 0.2) is 0 Å². The molecule has 1 fully saturated rings. The molecule has 1 aliphatic carbocycles. The van der Waals surface area contributed by atoms with Crippen LogP contribution in [0.2, 0.25) is 0 Å². The summed E-state index contributed by atoms with van der Waals surface area (Å²) in [6.07, 6.45) is 2.63. The zero-order chi connectivity index (χ0) is 14.7. The predicted octanol–water partition coefficient (Wildman–Crippen LogP) is 4.05. The lowest BCUT2D eigenvalue weighted by Gasteiger charge is -2.11. The van der Waals surface area contributed by atoms with Crippen LogP contribution >= 0.6 is 0 Å². The molecule has 0 aromatic heterocycles. The molecule has 1 saturated carbocycles. The second-order valence-corrected chi connectivity index (χ2v) is 5.52. The summed E-state index contributed by atoms with van der Waals surface area (Å²) in [5.41, 5.74) is 2.59. The normalized spacial score (nSPS) is 14.0. The van der Waals surface area contributed by atoms with E-state index in [0.717, 1.165) is 29.8 Å². The highest BCUT2D eigenvalue weighted by Crippen LogP contribution is 2.27. The van der Waals surface area contributed by atoms with Gasteiger partial charge >= 0.3 is 0 Å². The van der Waals surface area contributed by atoms with Crippen molar-refractivity contribution in [2.45, 2.75) is 32.4 Å². The highest BCUT2D eigenvalue weighted by atomic mass is 16.5. The van der Waals surface area contributed by atoms with Crippen LogP contribution in [0.5, 0.6) is 17.2 Å². The summed E-state index contributed by atoms with van der Waals surface area (Å²) in [6, 6.07) is 14.6. The first-order valence-electron chi connectivity index (χ1n) is 7.39. The highest BCUT2D eigenvalue weighted by Gasteiger charge is 2.20. The van der Waals surface area contributed by atoms with E-state index >= 15 is 0 Å². The van der Waals surface area contributed by atoms with E-state index in [1.807, 2.05) is 30.3 Å². The Labute approximate surface area is 125 Å². The Hall–Kier alpha value is -2.00. The number of nitrogens with one attached hydrogen (secondary N) is 1. The lowest BCUT2D eigenvalue weighted by molar-refractivity contribution is 0.409. The van der Waals surface area contributed by atoms with Crippen LogP contribution in [0.15, 0.2) is 42.5 Å². The number of aryl methyl sites for hydroxylation is 1. The molecular weight excluding hydrogens is 262 g/mol. The smallest absolute Gasteiger partial charge is 0.131 e. The summed E-state index contributed by atoms with van der Waals surface area (Å²) >= 11 is 0. The lowest BCUT2D eigenvalue weighted by Crippen LogP contribution is -2.15. The Morgan fingerprint density at radius 3 is 2.52 bits per heavy atom. The van der Waals surface area contributed by atoms with Crippen molar-refractivity contribution in [2.75, 3.05) is 7.11 Å². The van der Waals surface area contributed by atoms with E-state index < -0.39 is 0 Å². The molecule has 0 amide bonds. The summed E-state index contributed by atoms with van der Waals surface area (Å²) < 4.78 is 11.1. The number of ether oxygens (including phenoxy) is 2. The summed E-state index contributed by atoms with van der Waals surface area (Å²) in [5.74, 6) is 2.45. The standard InChI is InChI=1S/C18H21NO2/c1-13-10-18(9-6-14(13)12-19-15-7-8-15)21-17-5-3-4-16(11-17)20-2/h3-6,9-11,15,19H,7-8,12H2,1-2H3. The third-order valence-corrected chi connectivity index (χ3v) is 3.75. The summed E-state index contributed by atoms with van der Waals surface area (Å²) in [5, 5.41) is 3.54. The van der Waals surface area contributed by atoms with Gasteiger partial charge in [0.25, 0.3) is 0 Å². The van der Waals surface area contributed by atoms with Crippen molar-refractivity contribution in [2.24, 2.45) is 0 Å². The fraction of sp³-hybridized carbons (Fsp3) is 0.333. The van der Waals surface area contributed by atoms with Crippen LogP contribution in [-0.4, -0.2) is 13.2 Å². The third kappa shape index (κ3) is 3.76. The number of methoxy groups -OCH3 is 1. The van der Waals surface area contributed by atoms with Crippen LogP contribution in [0.4, 0.5) is 0 Å². The molecule has 0 atom stereocenters. The molecule has 3 rings (SSSR count). The van der Waals surface area contributed by atoms with E-state index in [4.69, 9.17) is 9.47 Å². The minimum Gasteiger partial charge on any atom is -0.497 e. The second-order valence-electron chi connectivity index (χ2n) is 5.52. The van der Waals surface area contributed by atoms with Crippen molar-refractivity contribution in [3.8, 4) is 17.2 Å². The number of hydrogen-bond donors (Lipinski definition) is 1. The first-order valence-corrected chi connectivity index (χ1v) is 7.39. The summed E-state index contributed by atoms with van der Waals surface area (Å²) in [4.78, 5) is 0. The van der Waals surface area contributed by atoms with E-state index in [2.05, 4.69) is 24.4 Å². The first kappa shape index (κ1) is 14.0. The Bertz CT molecular complexity index is 620. The van der Waals surface area contributed by atoms with Gasteiger partial charge in [-0.25, -0.2) is 0 Å². The van der Waals surface area contributed by atoms with Crippen LogP contribution in [0.3, 0.4) is 0 Å². The van der Waals surface area contributed by atoms with E-state index in [0.29, 0.717) is 0 Å². The molecule has 0 heterocycles. The Morgan fingerprint density at radius 2 is 1.81 bits per heavy atom. The molecular formula is C18H21NO2. The second kappa shape index (κ2) is 6.19. The molecule has 0 saturated heterocycles. The quantitative estimate of drug-likeness (QED) is 0.867. The van der Waals surface area contributed by atoms with Gasteiger partial charge in [-0.2, -0.15) is 0 Å². The monoisotopic (exact) mass is 283 g/mol. The molecule has 2 aromatic rings. The fourth-order valence-electron chi connectivity index (χ4n) is 2.27. The SMILES string of the molecule is COc1cccc(Oc2ccc(CNC3CC3)c(C)c2)c1. The van der Waals surface area contributed by atoms with Crippen LogP contribution in [0.1, 0.15) is 24.0 Å². The Kier molecular flexibility index (Phi) is 4.11. The van der Waals surface area contributed by atoms with Crippen LogP contribution in [0, 0.1) is 6.92 Å². The maximum atomic E-state index is 5.89. The van der Waals surface area contributed by atoms with Crippen LogP contribution in [-0.2, 0) is 6.54 Å². The first-order chi connectivity index (χ1) is 10.2. The molecule has 2 aromatic carbocycles. The van der Waals surface area contributed by atoms with Gasteiger partial charge in [-0.05, 0) is 55.2 Å². The molecule has 1 N–H and O–H groups in total. The lowest BCUT2D eigenvalue weighted by atomic mass is 10.1. The zero-order valence-corrected chi connectivity index (χ0v) is 12.6. The van der Waals surface area contributed by atoms with E-state index in [1.165, 1.54) is 24.0 Å². The molecule has 21 heavy (non-hydrogen) atoms.